The maximum absolute atomic E-state index is 11.7. The van der Waals surface area contributed by atoms with Crippen LogP contribution in [0.15, 0.2) is 17.2 Å². The van der Waals surface area contributed by atoms with E-state index in [4.69, 9.17) is 16.9 Å². The lowest BCUT2D eigenvalue weighted by atomic mass is 10.4. The molecule has 1 rings (SSSR count). The molecule has 0 N–H and O–H groups in total. The van der Waals surface area contributed by atoms with Crippen LogP contribution in [0.5, 0.6) is 0 Å². The minimum atomic E-state index is -3.53. The molecule has 5 nitrogen and oxygen atoms in total. The Labute approximate surface area is 92.6 Å². The quantitative estimate of drug-likeness (QED) is 0.734. The van der Waals surface area contributed by atoms with Crippen molar-refractivity contribution in [3.05, 3.63) is 17.8 Å². The number of hydrogen-bond acceptors (Lipinski definition) is 5. The zero-order valence-electron chi connectivity index (χ0n) is 7.88. The average molecular weight is 246 g/mol. The lowest BCUT2D eigenvalue weighted by Crippen LogP contribution is -2.21. The second-order valence-electron chi connectivity index (χ2n) is 2.88. The summed E-state index contributed by atoms with van der Waals surface area (Å²) in [5.41, 5.74) is 0.0764. The van der Waals surface area contributed by atoms with Crippen LogP contribution in [0, 0.1) is 11.3 Å². The molecule has 80 valence electrons. The summed E-state index contributed by atoms with van der Waals surface area (Å²) in [5.74, 6) is -0.00991. The fraction of sp³-hybridized carbons (Fsp3) is 0.375. The summed E-state index contributed by atoms with van der Waals surface area (Å²) in [5, 5.41) is 14.5. The molecule has 0 spiro atoms. The minimum absolute atomic E-state index is 0.00991. The molecule has 1 heterocycles. The average Bonchev–Trinajstić information content (AvgIpc) is 2.28. The smallest absolute Gasteiger partial charge is 0.201 e. The topological polar surface area (TPSA) is 83.7 Å². The van der Waals surface area contributed by atoms with E-state index in [-0.39, 0.29) is 16.6 Å². The largest absolute Gasteiger partial charge is 0.222 e. The van der Waals surface area contributed by atoms with E-state index in [0.29, 0.717) is 0 Å². The predicted octanol–water partition coefficient (Wildman–Crippen LogP) is 0.749. The molecular formula is C8H8ClN3O2S. The van der Waals surface area contributed by atoms with Gasteiger partial charge in [-0.2, -0.15) is 5.26 Å². The van der Waals surface area contributed by atoms with Gasteiger partial charge in [0, 0.05) is 5.88 Å². The van der Waals surface area contributed by atoms with Gasteiger partial charge in [-0.05, 0) is 19.1 Å². The number of halogens is 1. The maximum atomic E-state index is 11.7. The summed E-state index contributed by atoms with van der Waals surface area (Å²) in [7, 11) is -3.53. The van der Waals surface area contributed by atoms with Crippen molar-refractivity contribution in [3.63, 3.8) is 0 Å². The Balaban J connectivity index is 3.13. The van der Waals surface area contributed by atoms with Crippen molar-refractivity contribution in [2.45, 2.75) is 17.2 Å². The van der Waals surface area contributed by atoms with E-state index in [1.54, 1.807) is 6.07 Å². The van der Waals surface area contributed by atoms with Crippen molar-refractivity contribution in [2.75, 3.05) is 5.88 Å². The van der Waals surface area contributed by atoms with Crippen molar-refractivity contribution in [2.24, 2.45) is 0 Å². The number of nitrogens with zero attached hydrogens (tertiary/aromatic N) is 3. The number of alkyl halides is 1. The second-order valence-corrected chi connectivity index (χ2v) is 5.50. The number of rotatable bonds is 3. The van der Waals surface area contributed by atoms with Crippen molar-refractivity contribution >= 4 is 21.4 Å². The van der Waals surface area contributed by atoms with E-state index in [2.05, 4.69) is 10.2 Å². The van der Waals surface area contributed by atoms with Gasteiger partial charge in [0.15, 0.2) is 10.7 Å². The molecule has 0 aliphatic rings. The molecule has 1 atom stereocenters. The third-order valence-corrected chi connectivity index (χ3v) is 4.47. The van der Waals surface area contributed by atoms with Gasteiger partial charge in [-0.25, -0.2) is 8.42 Å². The number of hydrogen-bond donors (Lipinski definition) is 0. The third-order valence-electron chi connectivity index (χ3n) is 1.79. The highest BCUT2D eigenvalue weighted by Crippen LogP contribution is 2.13. The van der Waals surface area contributed by atoms with Crippen molar-refractivity contribution in [1.82, 2.24) is 10.2 Å². The van der Waals surface area contributed by atoms with E-state index in [1.807, 2.05) is 0 Å². The van der Waals surface area contributed by atoms with Gasteiger partial charge in [0.25, 0.3) is 0 Å². The van der Waals surface area contributed by atoms with Crippen LogP contribution in [-0.4, -0.2) is 29.7 Å². The first-order chi connectivity index (χ1) is 7.02. The fourth-order valence-electron chi connectivity index (χ4n) is 0.820. The van der Waals surface area contributed by atoms with E-state index in [9.17, 15) is 8.42 Å². The Hall–Kier alpha value is -1.19. The lowest BCUT2D eigenvalue weighted by Gasteiger charge is -2.07. The van der Waals surface area contributed by atoms with Crippen molar-refractivity contribution in [3.8, 4) is 6.07 Å². The zero-order chi connectivity index (χ0) is 11.5. The van der Waals surface area contributed by atoms with Crippen molar-refractivity contribution in [1.29, 1.82) is 5.26 Å². The zero-order valence-corrected chi connectivity index (χ0v) is 9.46. The molecule has 0 amide bonds. The second kappa shape index (κ2) is 4.55. The van der Waals surface area contributed by atoms with Crippen LogP contribution in [0.2, 0.25) is 0 Å². The molecule has 7 heteroatoms. The van der Waals surface area contributed by atoms with Crippen LogP contribution in [0.4, 0.5) is 0 Å². The molecule has 0 saturated carbocycles. The number of nitriles is 1. The van der Waals surface area contributed by atoms with Gasteiger partial charge in [0.05, 0.1) is 5.25 Å². The van der Waals surface area contributed by atoms with Gasteiger partial charge in [-0.1, -0.05) is 0 Å². The molecule has 0 aliphatic heterocycles. The Morgan fingerprint density at radius 3 is 2.60 bits per heavy atom. The highest BCUT2D eigenvalue weighted by atomic mass is 35.5. The fourth-order valence-corrected chi connectivity index (χ4v) is 2.31. The molecule has 1 aromatic rings. The Bertz CT molecular complexity index is 478. The molecular weight excluding hydrogens is 238 g/mol. The third kappa shape index (κ3) is 2.43. The lowest BCUT2D eigenvalue weighted by molar-refractivity contribution is 0.581. The molecule has 1 aromatic heterocycles. The van der Waals surface area contributed by atoms with Crippen LogP contribution >= 0.6 is 11.6 Å². The molecule has 0 aromatic carbocycles. The van der Waals surface area contributed by atoms with E-state index >= 15 is 0 Å². The van der Waals surface area contributed by atoms with Crippen LogP contribution in [0.3, 0.4) is 0 Å². The van der Waals surface area contributed by atoms with Gasteiger partial charge < -0.3 is 0 Å². The minimum Gasteiger partial charge on any atom is -0.222 e. The molecule has 1 unspecified atom stereocenters. The Kier molecular flexibility index (Phi) is 3.61. The number of sulfone groups is 1. The first-order valence-corrected chi connectivity index (χ1v) is 6.14. The predicted molar refractivity (Wildman–Crippen MR) is 54.1 cm³/mol. The van der Waals surface area contributed by atoms with Gasteiger partial charge in [0.1, 0.15) is 6.07 Å². The van der Waals surface area contributed by atoms with E-state index in [1.165, 1.54) is 19.1 Å². The molecule has 0 fully saturated rings. The molecule has 0 aliphatic carbocycles. The van der Waals surface area contributed by atoms with E-state index in [0.717, 1.165) is 0 Å². The summed E-state index contributed by atoms with van der Waals surface area (Å²) in [6, 6.07) is 4.31. The van der Waals surface area contributed by atoms with Gasteiger partial charge in [0.2, 0.25) is 9.84 Å². The van der Waals surface area contributed by atoms with Crippen LogP contribution < -0.4 is 0 Å². The van der Waals surface area contributed by atoms with Crippen LogP contribution in [0.1, 0.15) is 12.6 Å². The van der Waals surface area contributed by atoms with Gasteiger partial charge in [-0.3, -0.25) is 0 Å². The van der Waals surface area contributed by atoms with Crippen LogP contribution in [-0.2, 0) is 9.84 Å². The monoisotopic (exact) mass is 245 g/mol. The summed E-state index contributed by atoms with van der Waals surface area (Å²) in [6.45, 7) is 1.49. The molecule has 0 bridgehead atoms. The highest BCUT2D eigenvalue weighted by Gasteiger charge is 2.24. The van der Waals surface area contributed by atoms with Gasteiger partial charge in [-0.15, -0.1) is 21.8 Å². The number of aromatic nitrogens is 2. The standard InChI is InChI=1S/C8H8ClN3O2S/c1-6(4-9)15(13,14)8-3-2-7(5-10)11-12-8/h2-3,6H,4H2,1H3. The van der Waals surface area contributed by atoms with Gasteiger partial charge >= 0.3 is 0 Å². The first kappa shape index (κ1) is 11.9. The van der Waals surface area contributed by atoms with E-state index < -0.39 is 15.1 Å². The normalized spacial score (nSPS) is 13.1. The summed E-state index contributed by atoms with van der Waals surface area (Å²) in [6.07, 6.45) is 0. The molecule has 15 heavy (non-hydrogen) atoms. The summed E-state index contributed by atoms with van der Waals surface area (Å²) < 4.78 is 23.4. The SMILES string of the molecule is CC(CCl)S(=O)(=O)c1ccc(C#N)nn1. The maximum Gasteiger partial charge on any atom is 0.201 e. The summed E-state index contributed by atoms with van der Waals surface area (Å²) in [4.78, 5) is 0. The Morgan fingerprint density at radius 2 is 2.20 bits per heavy atom. The Morgan fingerprint density at radius 1 is 1.53 bits per heavy atom. The summed E-state index contributed by atoms with van der Waals surface area (Å²) >= 11 is 5.47. The molecule has 0 radical (unpaired) electrons. The highest BCUT2D eigenvalue weighted by molar-refractivity contribution is 7.92. The van der Waals surface area contributed by atoms with Crippen molar-refractivity contribution < 1.29 is 8.42 Å². The molecule has 0 saturated heterocycles. The van der Waals surface area contributed by atoms with Crippen LogP contribution in [0.25, 0.3) is 0 Å². The first-order valence-electron chi connectivity index (χ1n) is 4.06.